The second-order valence-electron chi connectivity index (χ2n) is 5.22. The zero-order chi connectivity index (χ0) is 13.0. The summed E-state index contributed by atoms with van der Waals surface area (Å²) in [7, 11) is 0. The molecule has 0 radical (unpaired) electrons. The van der Waals surface area contributed by atoms with Gasteiger partial charge in [0.25, 0.3) is 0 Å². The molecule has 0 fully saturated rings. The van der Waals surface area contributed by atoms with Crippen LogP contribution in [0.25, 0.3) is 0 Å². The van der Waals surface area contributed by atoms with Gasteiger partial charge in [-0.25, -0.2) is 0 Å². The topological polar surface area (TPSA) is 12.0 Å². The molecule has 0 aliphatic heterocycles. The summed E-state index contributed by atoms with van der Waals surface area (Å²) in [5.74, 6) is 0. The quantitative estimate of drug-likeness (QED) is 0.798. The average molecular weight is 279 g/mol. The highest BCUT2D eigenvalue weighted by atomic mass is 32.1. The molecule has 1 nitrogen and oxygen atoms in total. The van der Waals surface area contributed by atoms with Gasteiger partial charge < -0.3 is 5.32 Å². The van der Waals surface area contributed by atoms with E-state index in [0.717, 1.165) is 13.0 Å². The van der Waals surface area contributed by atoms with Crippen LogP contribution in [-0.2, 0) is 5.41 Å². The summed E-state index contributed by atoms with van der Waals surface area (Å²) in [6, 6.07) is 9.22. The third-order valence-corrected chi connectivity index (χ3v) is 5.50. The third kappa shape index (κ3) is 3.22. The van der Waals surface area contributed by atoms with Gasteiger partial charge in [0.2, 0.25) is 0 Å². The molecule has 0 saturated heterocycles. The largest absolute Gasteiger partial charge is 0.308 e. The fourth-order valence-electron chi connectivity index (χ4n) is 2.06. The molecule has 0 spiro atoms. The Kier molecular flexibility index (Phi) is 4.60. The van der Waals surface area contributed by atoms with E-state index in [-0.39, 0.29) is 5.41 Å². The highest BCUT2D eigenvalue weighted by molar-refractivity contribution is 7.10. The lowest BCUT2D eigenvalue weighted by molar-refractivity contribution is 0.424. The maximum absolute atomic E-state index is 3.72. The summed E-state index contributed by atoms with van der Waals surface area (Å²) in [6.45, 7) is 7.89. The van der Waals surface area contributed by atoms with Crippen LogP contribution >= 0.6 is 22.7 Å². The summed E-state index contributed by atoms with van der Waals surface area (Å²) in [5.41, 5.74) is 0.207. The van der Waals surface area contributed by atoms with Crippen LogP contribution in [0.15, 0.2) is 35.0 Å². The first-order valence-corrected chi connectivity index (χ1v) is 8.20. The molecule has 0 amide bonds. The average Bonchev–Trinajstić information content (AvgIpc) is 3.03. The standard InChI is InChI=1S/C15H21NS2/c1-4-12(13-7-5-9-17-13)16-11-15(2,3)14-8-6-10-18-14/h5-10,12,16H,4,11H2,1-3H3. The molecule has 0 aromatic carbocycles. The highest BCUT2D eigenvalue weighted by Gasteiger charge is 2.23. The van der Waals surface area contributed by atoms with Crippen molar-refractivity contribution in [1.29, 1.82) is 0 Å². The van der Waals surface area contributed by atoms with Crippen LogP contribution in [0.2, 0.25) is 0 Å². The predicted molar refractivity (Wildman–Crippen MR) is 82.7 cm³/mol. The summed E-state index contributed by atoms with van der Waals surface area (Å²) in [4.78, 5) is 2.90. The summed E-state index contributed by atoms with van der Waals surface area (Å²) in [6.07, 6.45) is 1.14. The van der Waals surface area contributed by atoms with Crippen LogP contribution in [-0.4, -0.2) is 6.54 Å². The number of rotatable bonds is 6. The van der Waals surface area contributed by atoms with Crippen molar-refractivity contribution < 1.29 is 0 Å². The molecule has 2 rings (SSSR count). The van der Waals surface area contributed by atoms with E-state index in [1.54, 1.807) is 0 Å². The Bertz CT molecular complexity index is 443. The fourth-order valence-corrected chi connectivity index (χ4v) is 3.80. The molecule has 1 atom stereocenters. The van der Waals surface area contributed by atoms with Crippen molar-refractivity contribution in [2.45, 2.75) is 38.6 Å². The van der Waals surface area contributed by atoms with E-state index in [0.29, 0.717) is 6.04 Å². The van der Waals surface area contributed by atoms with Gasteiger partial charge in [0.05, 0.1) is 0 Å². The van der Waals surface area contributed by atoms with Gasteiger partial charge in [0.1, 0.15) is 0 Å². The minimum Gasteiger partial charge on any atom is -0.308 e. The summed E-state index contributed by atoms with van der Waals surface area (Å²) >= 11 is 3.69. The molecule has 0 bridgehead atoms. The molecule has 1 N–H and O–H groups in total. The van der Waals surface area contributed by atoms with E-state index in [1.165, 1.54) is 9.75 Å². The number of hydrogen-bond donors (Lipinski definition) is 1. The zero-order valence-corrected chi connectivity index (χ0v) is 12.9. The molecular formula is C15H21NS2. The van der Waals surface area contributed by atoms with Crippen LogP contribution in [0.3, 0.4) is 0 Å². The maximum atomic E-state index is 3.72. The highest BCUT2D eigenvalue weighted by Crippen LogP contribution is 2.28. The molecule has 2 heterocycles. The first-order valence-electron chi connectivity index (χ1n) is 6.44. The normalized spacial score (nSPS) is 13.7. The van der Waals surface area contributed by atoms with E-state index < -0.39 is 0 Å². The fraction of sp³-hybridized carbons (Fsp3) is 0.467. The molecule has 2 aromatic rings. The van der Waals surface area contributed by atoms with Crippen molar-refractivity contribution in [1.82, 2.24) is 5.32 Å². The van der Waals surface area contributed by atoms with Crippen LogP contribution in [0.5, 0.6) is 0 Å². The Balaban J connectivity index is 1.98. The second-order valence-corrected chi connectivity index (χ2v) is 7.15. The second kappa shape index (κ2) is 6.00. The molecule has 98 valence electrons. The van der Waals surface area contributed by atoms with Crippen molar-refractivity contribution in [3.63, 3.8) is 0 Å². The minimum atomic E-state index is 0.207. The molecule has 18 heavy (non-hydrogen) atoms. The molecule has 0 aliphatic carbocycles. The molecule has 2 aromatic heterocycles. The van der Waals surface area contributed by atoms with Crippen molar-refractivity contribution in [2.75, 3.05) is 6.54 Å². The van der Waals surface area contributed by atoms with Gasteiger partial charge in [0, 0.05) is 27.8 Å². The molecular weight excluding hydrogens is 258 g/mol. The van der Waals surface area contributed by atoms with E-state index in [4.69, 9.17) is 0 Å². The van der Waals surface area contributed by atoms with Gasteiger partial charge >= 0.3 is 0 Å². The van der Waals surface area contributed by atoms with Gasteiger partial charge in [0.15, 0.2) is 0 Å². The Morgan fingerprint density at radius 3 is 2.44 bits per heavy atom. The van der Waals surface area contributed by atoms with Crippen LogP contribution in [0, 0.1) is 0 Å². The smallest absolute Gasteiger partial charge is 0.0412 e. The maximum Gasteiger partial charge on any atom is 0.0412 e. The van der Waals surface area contributed by atoms with Crippen LogP contribution < -0.4 is 5.32 Å². The van der Waals surface area contributed by atoms with Crippen molar-refractivity contribution in [2.24, 2.45) is 0 Å². The van der Waals surface area contributed by atoms with Gasteiger partial charge in [-0.05, 0) is 29.3 Å². The van der Waals surface area contributed by atoms with Gasteiger partial charge in [-0.3, -0.25) is 0 Å². The first kappa shape index (κ1) is 13.8. The summed E-state index contributed by atoms with van der Waals surface area (Å²) in [5, 5.41) is 8.03. The Morgan fingerprint density at radius 2 is 1.89 bits per heavy atom. The molecule has 0 saturated carbocycles. The molecule has 1 unspecified atom stereocenters. The zero-order valence-electron chi connectivity index (χ0n) is 11.3. The van der Waals surface area contributed by atoms with E-state index >= 15 is 0 Å². The van der Waals surface area contributed by atoms with E-state index in [9.17, 15) is 0 Å². The van der Waals surface area contributed by atoms with E-state index in [1.807, 2.05) is 22.7 Å². The predicted octanol–water partition coefficient (Wildman–Crippen LogP) is 4.83. The van der Waals surface area contributed by atoms with Crippen molar-refractivity contribution >= 4 is 22.7 Å². The third-order valence-electron chi connectivity index (χ3n) is 3.27. The lowest BCUT2D eigenvalue weighted by Gasteiger charge is -2.27. The number of thiophene rings is 2. The number of hydrogen-bond acceptors (Lipinski definition) is 3. The van der Waals surface area contributed by atoms with E-state index in [2.05, 4.69) is 61.1 Å². The lowest BCUT2D eigenvalue weighted by Crippen LogP contribution is -2.34. The molecule has 3 heteroatoms. The van der Waals surface area contributed by atoms with Gasteiger partial charge in [-0.1, -0.05) is 32.9 Å². The Labute approximate surface area is 118 Å². The Hall–Kier alpha value is -0.640. The van der Waals surface area contributed by atoms with Crippen LogP contribution in [0.1, 0.15) is 43.0 Å². The van der Waals surface area contributed by atoms with Crippen molar-refractivity contribution in [3.8, 4) is 0 Å². The Morgan fingerprint density at radius 1 is 1.17 bits per heavy atom. The minimum absolute atomic E-state index is 0.207. The van der Waals surface area contributed by atoms with Gasteiger partial charge in [-0.15, -0.1) is 22.7 Å². The van der Waals surface area contributed by atoms with Gasteiger partial charge in [-0.2, -0.15) is 0 Å². The lowest BCUT2D eigenvalue weighted by atomic mass is 9.91. The first-order chi connectivity index (χ1) is 8.63. The monoisotopic (exact) mass is 279 g/mol. The summed E-state index contributed by atoms with van der Waals surface area (Å²) < 4.78 is 0. The molecule has 0 aliphatic rings. The van der Waals surface area contributed by atoms with Crippen molar-refractivity contribution in [3.05, 3.63) is 44.8 Å². The van der Waals surface area contributed by atoms with Crippen LogP contribution in [0.4, 0.5) is 0 Å². The SMILES string of the molecule is CCC(NCC(C)(C)c1cccs1)c1cccs1. The number of nitrogens with one attached hydrogen (secondary N) is 1.